The number of hydrogen-bond donors (Lipinski definition) is 2. The number of benzene rings is 1. The minimum atomic E-state index is -0.269. The fourth-order valence-corrected chi connectivity index (χ4v) is 2.17. The normalized spacial score (nSPS) is 14.2. The molecule has 7 heteroatoms. The molecule has 0 unspecified atom stereocenters. The lowest BCUT2D eigenvalue weighted by Crippen LogP contribution is -2.38. The predicted octanol–water partition coefficient (Wildman–Crippen LogP) is 3.36. The average molecular weight is 444 g/mol. The highest BCUT2D eigenvalue weighted by molar-refractivity contribution is 14.0. The summed E-state index contributed by atoms with van der Waals surface area (Å²) in [4.78, 5) is 8.97. The Bertz CT molecular complexity index is 667. The Kier molecular flexibility index (Phi) is 7.01. The highest BCUT2D eigenvalue weighted by Gasteiger charge is 2.22. The molecule has 0 amide bonds. The van der Waals surface area contributed by atoms with Crippen molar-refractivity contribution in [2.75, 3.05) is 13.1 Å². The SMILES string of the molecule is CCNC(=NCCc1coc(-c2ccc(F)cc2)n1)NC1CC1.I. The summed E-state index contributed by atoms with van der Waals surface area (Å²) in [6, 6.07) is 6.69. The molecule has 1 aromatic carbocycles. The number of halogens is 2. The molecule has 1 fully saturated rings. The lowest BCUT2D eigenvalue weighted by Gasteiger charge is -2.09. The Labute approximate surface area is 158 Å². The number of nitrogens with one attached hydrogen (secondary N) is 2. The molecule has 0 saturated heterocycles. The van der Waals surface area contributed by atoms with Crippen LogP contribution >= 0.6 is 24.0 Å². The van der Waals surface area contributed by atoms with Crippen LogP contribution in [0, 0.1) is 5.82 Å². The van der Waals surface area contributed by atoms with Gasteiger partial charge in [0.1, 0.15) is 12.1 Å². The van der Waals surface area contributed by atoms with E-state index in [0.717, 1.165) is 23.8 Å². The average Bonchev–Trinajstić information content (AvgIpc) is 3.24. The third-order valence-electron chi connectivity index (χ3n) is 3.54. The van der Waals surface area contributed by atoms with Crippen molar-refractivity contribution < 1.29 is 8.81 Å². The molecule has 3 rings (SSSR count). The van der Waals surface area contributed by atoms with Gasteiger partial charge in [-0.2, -0.15) is 0 Å². The largest absolute Gasteiger partial charge is 0.444 e. The zero-order valence-corrected chi connectivity index (χ0v) is 15.9. The zero-order valence-electron chi connectivity index (χ0n) is 13.6. The maximum atomic E-state index is 12.9. The molecule has 0 atom stereocenters. The van der Waals surface area contributed by atoms with E-state index in [2.05, 4.69) is 27.5 Å². The van der Waals surface area contributed by atoms with Gasteiger partial charge in [-0.25, -0.2) is 9.37 Å². The minimum absolute atomic E-state index is 0. The Morgan fingerprint density at radius 3 is 2.75 bits per heavy atom. The number of hydrogen-bond acceptors (Lipinski definition) is 3. The molecule has 2 N–H and O–H groups in total. The van der Waals surface area contributed by atoms with Crippen LogP contribution in [0.25, 0.3) is 11.5 Å². The molecule has 0 aliphatic heterocycles. The third kappa shape index (κ3) is 5.47. The lowest BCUT2D eigenvalue weighted by atomic mass is 10.2. The second-order valence-corrected chi connectivity index (χ2v) is 5.58. The van der Waals surface area contributed by atoms with Gasteiger partial charge in [-0.05, 0) is 44.0 Å². The maximum Gasteiger partial charge on any atom is 0.226 e. The maximum absolute atomic E-state index is 12.9. The fraction of sp³-hybridized carbons (Fsp3) is 0.412. The summed E-state index contributed by atoms with van der Waals surface area (Å²) in [6.45, 7) is 3.53. The number of guanidine groups is 1. The molecule has 1 aliphatic carbocycles. The molecule has 0 bridgehead atoms. The van der Waals surface area contributed by atoms with Crippen molar-refractivity contribution in [3.63, 3.8) is 0 Å². The van der Waals surface area contributed by atoms with Gasteiger partial charge < -0.3 is 15.1 Å². The van der Waals surface area contributed by atoms with E-state index in [1.165, 1.54) is 25.0 Å². The molecule has 1 heterocycles. The number of aromatic nitrogens is 1. The molecular weight excluding hydrogens is 422 g/mol. The van der Waals surface area contributed by atoms with Gasteiger partial charge in [0, 0.05) is 31.1 Å². The van der Waals surface area contributed by atoms with Crippen LogP contribution in [0.1, 0.15) is 25.5 Å². The second kappa shape index (κ2) is 9.00. The highest BCUT2D eigenvalue weighted by atomic mass is 127. The topological polar surface area (TPSA) is 62.5 Å². The van der Waals surface area contributed by atoms with Gasteiger partial charge in [0.25, 0.3) is 0 Å². The summed E-state index contributed by atoms with van der Waals surface area (Å²) < 4.78 is 18.4. The van der Waals surface area contributed by atoms with E-state index < -0.39 is 0 Å². The smallest absolute Gasteiger partial charge is 0.226 e. The summed E-state index contributed by atoms with van der Waals surface area (Å²) >= 11 is 0. The zero-order chi connectivity index (χ0) is 16.1. The highest BCUT2D eigenvalue weighted by Crippen LogP contribution is 2.19. The van der Waals surface area contributed by atoms with Gasteiger partial charge in [0.15, 0.2) is 5.96 Å². The van der Waals surface area contributed by atoms with Gasteiger partial charge >= 0.3 is 0 Å². The molecule has 5 nitrogen and oxygen atoms in total. The van der Waals surface area contributed by atoms with E-state index in [1.807, 2.05) is 0 Å². The van der Waals surface area contributed by atoms with E-state index in [-0.39, 0.29) is 29.8 Å². The number of rotatable bonds is 6. The molecule has 1 aromatic heterocycles. The first kappa shape index (κ1) is 18.7. The van der Waals surface area contributed by atoms with Crippen LogP contribution in [0.2, 0.25) is 0 Å². The third-order valence-corrected chi connectivity index (χ3v) is 3.54. The molecule has 0 radical (unpaired) electrons. The van der Waals surface area contributed by atoms with Crippen LogP contribution in [-0.4, -0.2) is 30.1 Å². The van der Waals surface area contributed by atoms with E-state index in [9.17, 15) is 4.39 Å². The monoisotopic (exact) mass is 444 g/mol. The minimum Gasteiger partial charge on any atom is -0.444 e. The Morgan fingerprint density at radius 1 is 1.33 bits per heavy atom. The van der Waals surface area contributed by atoms with Crippen molar-refractivity contribution in [2.24, 2.45) is 4.99 Å². The van der Waals surface area contributed by atoms with Crippen LogP contribution in [-0.2, 0) is 6.42 Å². The first-order valence-electron chi connectivity index (χ1n) is 8.00. The summed E-state index contributed by atoms with van der Waals surface area (Å²) in [5.74, 6) is 1.10. The predicted molar refractivity (Wildman–Crippen MR) is 103 cm³/mol. The van der Waals surface area contributed by atoms with Crippen LogP contribution in [0.4, 0.5) is 4.39 Å². The molecule has 1 aliphatic rings. The van der Waals surface area contributed by atoms with Crippen molar-refractivity contribution in [3.8, 4) is 11.5 Å². The standard InChI is InChI=1S/C17H21FN4O.HI/c1-2-19-17(22-14-7-8-14)20-10-9-15-11-23-16(21-15)12-3-5-13(18)6-4-12;/h3-6,11,14H,2,7-10H2,1H3,(H2,19,20,22);1H. The van der Waals surface area contributed by atoms with Gasteiger partial charge in [-0.3, -0.25) is 4.99 Å². The van der Waals surface area contributed by atoms with Gasteiger partial charge in [-0.1, -0.05) is 0 Å². The summed E-state index contributed by atoms with van der Waals surface area (Å²) in [7, 11) is 0. The van der Waals surface area contributed by atoms with Crippen molar-refractivity contribution >= 4 is 29.9 Å². The molecule has 1 saturated carbocycles. The number of aliphatic imine (C=N–C) groups is 1. The van der Waals surface area contributed by atoms with E-state index >= 15 is 0 Å². The Hall–Kier alpha value is -1.64. The van der Waals surface area contributed by atoms with Crippen molar-refractivity contribution in [1.82, 2.24) is 15.6 Å². The lowest BCUT2D eigenvalue weighted by molar-refractivity contribution is 0.572. The van der Waals surface area contributed by atoms with Gasteiger partial charge in [-0.15, -0.1) is 24.0 Å². The molecule has 24 heavy (non-hydrogen) atoms. The molecular formula is C17H22FIN4O. The second-order valence-electron chi connectivity index (χ2n) is 5.58. The van der Waals surface area contributed by atoms with E-state index in [0.29, 0.717) is 24.9 Å². The van der Waals surface area contributed by atoms with Gasteiger partial charge in [0.05, 0.1) is 5.69 Å². The molecule has 0 spiro atoms. The van der Waals surface area contributed by atoms with E-state index in [4.69, 9.17) is 4.42 Å². The Balaban J connectivity index is 0.00000208. The van der Waals surface area contributed by atoms with Crippen molar-refractivity contribution in [1.29, 1.82) is 0 Å². The number of oxazole rings is 1. The fourth-order valence-electron chi connectivity index (χ4n) is 2.17. The quantitative estimate of drug-likeness (QED) is 0.408. The summed E-state index contributed by atoms with van der Waals surface area (Å²) in [5, 5.41) is 6.61. The van der Waals surface area contributed by atoms with Crippen molar-refractivity contribution in [2.45, 2.75) is 32.2 Å². The molecule has 130 valence electrons. The summed E-state index contributed by atoms with van der Waals surface area (Å²) in [6.07, 6.45) is 4.77. The first-order chi connectivity index (χ1) is 11.2. The number of nitrogens with zero attached hydrogens (tertiary/aromatic N) is 2. The van der Waals surface area contributed by atoms with Crippen molar-refractivity contribution in [3.05, 3.63) is 42.0 Å². The Morgan fingerprint density at radius 2 is 2.08 bits per heavy atom. The van der Waals surface area contributed by atoms with Crippen LogP contribution in [0.3, 0.4) is 0 Å². The van der Waals surface area contributed by atoms with Crippen LogP contribution < -0.4 is 10.6 Å². The van der Waals surface area contributed by atoms with Crippen LogP contribution in [0.5, 0.6) is 0 Å². The summed E-state index contributed by atoms with van der Waals surface area (Å²) in [5.41, 5.74) is 1.61. The van der Waals surface area contributed by atoms with Gasteiger partial charge in [0.2, 0.25) is 5.89 Å². The van der Waals surface area contributed by atoms with E-state index in [1.54, 1.807) is 18.4 Å². The van der Waals surface area contributed by atoms with Crippen LogP contribution in [0.15, 0.2) is 39.9 Å². The molecule has 2 aromatic rings. The first-order valence-corrected chi connectivity index (χ1v) is 8.00.